The van der Waals surface area contributed by atoms with Gasteiger partial charge in [0, 0.05) is 0 Å². The number of benzene rings is 1. The van der Waals surface area contributed by atoms with E-state index in [1.54, 1.807) is 26.0 Å². The zero-order valence-electron chi connectivity index (χ0n) is 20.7. The summed E-state index contributed by atoms with van der Waals surface area (Å²) in [6, 6.07) is 1.23. The first kappa shape index (κ1) is 30.8. The molecule has 4 unspecified atom stereocenters. The molecule has 1 aromatic rings. The van der Waals surface area contributed by atoms with Gasteiger partial charge < -0.3 is 42.3 Å². The number of carboxylic acids is 2. The molecule has 0 aliphatic carbocycles. The third-order valence-corrected chi connectivity index (χ3v) is 5.15. The van der Waals surface area contributed by atoms with E-state index in [1.807, 2.05) is 5.32 Å². The molecule has 37 heavy (non-hydrogen) atoms. The predicted octanol–water partition coefficient (Wildman–Crippen LogP) is -1.93. The lowest BCUT2D eigenvalue weighted by Crippen LogP contribution is -2.58. The van der Waals surface area contributed by atoms with Crippen LogP contribution in [0.25, 0.3) is 0 Å². The Balaban J connectivity index is 2.78. The lowest BCUT2D eigenvalue weighted by atomic mass is 10.0. The van der Waals surface area contributed by atoms with E-state index in [4.69, 9.17) is 15.9 Å². The van der Waals surface area contributed by atoms with Crippen molar-refractivity contribution in [1.82, 2.24) is 21.3 Å². The van der Waals surface area contributed by atoms with Gasteiger partial charge in [0.25, 0.3) is 0 Å². The number of hydrogen-bond donors (Lipinski definition) is 8. The quantitative estimate of drug-likeness (QED) is 0.134. The first-order chi connectivity index (χ1) is 17.2. The number of aliphatic carboxylic acids is 2. The Morgan fingerprint density at radius 2 is 1.41 bits per heavy atom. The summed E-state index contributed by atoms with van der Waals surface area (Å²) >= 11 is 0. The van der Waals surface area contributed by atoms with Crippen molar-refractivity contribution in [3.63, 3.8) is 0 Å². The number of aromatic hydroxyl groups is 1. The number of hydrogen-bond acceptors (Lipinski definition) is 8. The minimum Gasteiger partial charge on any atom is -0.508 e. The van der Waals surface area contributed by atoms with E-state index in [0.717, 1.165) is 0 Å². The van der Waals surface area contributed by atoms with Crippen molar-refractivity contribution in [2.75, 3.05) is 6.54 Å². The summed E-state index contributed by atoms with van der Waals surface area (Å²) < 4.78 is 0. The molecule has 1 aromatic carbocycles. The second-order valence-corrected chi connectivity index (χ2v) is 8.71. The van der Waals surface area contributed by atoms with Crippen LogP contribution in [0.2, 0.25) is 0 Å². The molecule has 0 heterocycles. The molecule has 0 aromatic heterocycles. The molecule has 204 valence electrons. The summed E-state index contributed by atoms with van der Waals surface area (Å²) in [6.45, 7) is 3.84. The maximum absolute atomic E-state index is 12.8. The van der Waals surface area contributed by atoms with Gasteiger partial charge in [0.15, 0.2) is 0 Å². The number of carbonyl (C=O) groups excluding carboxylic acids is 4. The molecule has 0 aliphatic heterocycles. The zero-order valence-corrected chi connectivity index (χ0v) is 20.7. The van der Waals surface area contributed by atoms with Crippen molar-refractivity contribution in [2.24, 2.45) is 11.7 Å². The zero-order chi connectivity index (χ0) is 28.3. The van der Waals surface area contributed by atoms with Gasteiger partial charge in [-0.05, 0) is 37.0 Å². The molecule has 0 bridgehead atoms. The topological polar surface area (TPSA) is 237 Å². The Kier molecular flexibility index (Phi) is 12.0. The molecule has 4 amide bonds. The Labute approximate surface area is 213 Å². The fraction of sp³-hybridized carbons (Fsp3) is 0.478. The molecular weight excluding hydrogens is 490 g/mol. The molecule has 9 N–H and O–H groups in total. The Morgan fingerprint density at radius 1 is 0.811 bits per heavy atom. The number of nitrogens with two attached hydrogens (primary N) is 1. The monoisotopic (exact) mass is 523 g/mol. The van der Waals surface area contributed by atoms with Crippen molar-refractivity contribution in [3.05, 3.63) is 29.8 Å². The number of phenolic OH excluding ortho intramolecular Hbond substituents is 1. The number of rotatable bonds is 14. The number of carboxylic acid groups (broad SMARTS) is 2. The van der Waals surface area contributed by atoms with Crippen molar-refractivity contribution in [1.29, 1.82) is 0 Å². The highest BCUT2D eigenvalue weighted by atomic mass is 16.4. The van der Waals surface area contributed by atoms with E-state index in [2.05, 4.69) is 16.0 Å². The number of phenols is 1. The largest absolute Gasteiger partial charge is 0.508 e. The molecule has 14 nitrogen and oxygen atoms in total. The van der Waals surface area contributed by atoms with Gasteiger partial charge in [-0.25, -0.2) is 0 Å². The van der Waals surface area contributed by atoms with Crippen molar-refractivity contribution in [3.8, 4) is 5.75 Å². The van der Waals surface area contributed by atoms with Gasteiger partial charge in [-0.15, -0.1) is 0 Å². The Morgan fingerprint density at radius 3 is 1.92 bits per heavy atom. The van der Waals surface area contributed by atoms with Gasteiger partial charge in [0.2, 0.25) is 23.6 Å². The summed E-state index contributed by atoms with van der Waals surface area (Å²) in [5.41, 5.74) is 6.65. The van der Waals surface area contributed by atoms with Crippen LogP contribution in [0.4, 0.5) is 0 Å². The number of carbonyl (C=O) groups is 6. The SMILES string of the molecule is CC(NC(=O)C(NC(=O)C(N)Cc1ccc(O)cc1)C(C)C)C(=O)NC(CC(=O)O)C(=O)NCC(=O)O. The highest BCUT2D eigenvalue weighted by Gasteiger charge is 2.30. The van der Waals surface area contributed by atoms with Crippen LogP contribution in [0, 0.1) is 5.92 Å². The average molecular weight is 524 g/mol. The second-order valence-electron chi connectivity index (χ2n) is 8.71. The Bertz CT molecular complexity index is 997. The van der Waals surface area contributed by atoms with Crippen LogP contribution >= 0.6 is 0 Å². The van der Waals surface area contributed by atoms with Crippen LogP contribution in [-0.4, -0.2) is 81.6 Å². The third kappa shape index (κ3) is 10.9. The maximum Gasteiger partial charge on any atom is 0.322 e. The molecule has 1 rings (SSSR count). The van der Waals surface area contributed by atoms with Gasteiger partial charge in [-0.3, -0.25) is 28.8 Å². The van der Waals surface area contributed by atoms with Gasteiger partial charge >= 0.3 is 11.9 Å². The summed E-state index contributed by atoms with van der Waals surface area (Å²) in [6.07, 6.45) is -0.673. The molecule has 0 saturated heterocycles. The fourth-order valence-corrected chi connectivity index (χ4v) is 3.11. The lowest BCUT2D eigenvalue weighted by molar-refractivity contribution is -0.141. The smallest absolute Gasteiger partial charge is 0.322 e. The average Bonchev–Trinajstić information content (AvgIpc) is 2.80. The first-order valence-electron chi connectivity index (χ1n) is 11.4. The minimum absolute atomic E-state index is 0.0617. The van der Waals surface area contributed by atoms with Gasteiger partial charge in [0.1, 0.15) is 30.4 Å². The third-order valence-electron chi connectivity index (χ3n) is 5.15. The second kappa shape index (κ2) is 14.4. The molecule has 0 aliphatic rings. The first-order valence-corrected chi connectivity index (χ1v) is 11.4. The van der Waals surface area contributed by atoms with Crippen LogP contribution in [0.1, 0.15) is 32.8 Å². The van der Waals surface area contributed by atoms with Gasteiger partial charge in [0.05, 0.1) is 12.5 Å². The molecule has 0 saturated carbocycles. The van der Waals surface area contributed by atoms with Crippen LogP contribution in [-0.2, 0) is 35.2 Å². The predicted molar refractivity (Wildman–Crippen MR) is 129 cm³/mol. The van der Waals surface area contributed by atoms with Gasteiger partial charge in [-0.2, -0.15) is 0 Å². The standard InChI is InChI=1S/C23H33N5O9/c1-11(2)19(28-21(35)15(24)8-13-4-6-14(29)7-5-13)23(37)26-12(3)20(34)27-16(9-17(30)31)22(36)25-10-18(32)33/h4-7,11-12,15-16,19,29H,8-10,24H2,1-3H3,(H,25,36)(H,26,37)(H,27,34)(H,28,35)(H,30,31)(H,32,33). The van der Waals surface area contributed by atoms with Crippen molar-refractivity contribution in [2.45, 2.75) is 57.8 Å². The fourth-order valence-electron chi connectivity index (χ4n) is 3.11. The van der Waals surface area contributed by atoms with Crippen molar-refractivity contribution < 1.29 is 44.1 Å². The summed E-state index contributed by atoms with van der Waals surface area (Å²) in [7, 11) is 0. The molecule has 14 heteroatoms. The molecule has 4 atom stereocenters. The van der Waals surface area contributed by atoms with E-state index in [-0.39, 0.29) is 12.2 Å². The normalized spacial score (nSPS) is 14.0. The van der Waals surface area contributed by atoms with E-state index in [1.165, 1.54) is 19.1 Å². The van der Waals surface area contributed by atoms with Crippen LogP contribution < -0.4 is 27.0 Å². The molecule has 0 radical (unpaired) electrons. The van der Waals surface area contributed by atoms with E-state index < -0.39 is 78.6 Å². The Hall–Kier alpha value is -4.20. The number of nitrogens with one attached hydrogen (secondary N) is 4. The number of amides is 4. The van der Waals surface area contributed by atoms with Crippen LogP contribution in [0.5, 0.6) is 5.75 Å². The highest BCUT2D eigenvalue weighted by molar-refractivity contribution is 5.96. The maximum atomic E-state index is 12.8. The highest BCUT2D eigenvalue weighted by Crippen LogP contribution is 2.11. The van der Waals surface area contributed by atoms with Crippen LogP contribution in [0.3, 0.4) is 0 Å². The van der Waals surface area contributed by atoms with E-state index in [0.29, 0.717) is 5.56 Å². The molecule has 0 fully saturated rings. The molecular formula is C23H33N5O9. The minimum atomic E-state index is -1.58. The molecule has 0 spiro atoms. The lowest BCUT2D eigenvalue weighted by Gasteiger charge is -2.26. The van der Waals surface area contributed by atoms with Crippen molar-refractivity contribution >= 4 is 35.6 Å². The summed E-state index contributed by atoms with van der Waals surface area (Å²) in [5.74, 6) is -6.37. The van der Waals surface area contributed by atoms with Crippen LogP contribution in [0.15, 0.2) is 24.3 Å². The van der Waals surface area contributed by atoms with Gasteiger partial charge in [-0.1, -0.05) is 26.0 Å². The summed E-state index contributed by atoms with van der Waals surface area (Å²) in [5, 5.41) is 36.1. The summed E-state index contributed by atoms with van der Waals surface area (Å²) in [4.78, 5) is 71.7. The van der Waals surface area contributed by atoms with E-state index in [9.17, 15) is 33.9 Å². The van der Waals surface area contributed by atoms with E-state index >= 15 is 0 Å².